The van der Waals surface area contributed by atoms with Crippen molar-refractivity contribution in [2.45, 2.75) is 38.3 Å². The number of halogens is 1. The van der Waals surface area contributed by atoms with Crippen LogP contribution in [0.15, 0.2) is 72.8 Å². The summed E-state index contributed by atoms with van der Waals surface area (Å²) in [5.74, 6) is 1.39. The molecule has 11 heteroatoms. The fraction of sp³-hybridized carbons (Fsp3) is 0.406. The summed E-state index contributed by atoms with van der Waals surface area (Å²) in [6, 6.07) is 20.6. The fourth-order valence-corrected chi connectivity index (χ4v) is 6.15. The number of sulfonamides is 1. The third kappa shape index (κ3) is 9.41. The Morgan fingerprint density at radius 2 is 1.49 bits per heavy atom. The molecule has 0 unspecified atom stereocenters. The molecule has 2 heterocycles. The summed E-state index contributed by atoms with van der Waals surface area (Å²) in [6.07, 6.45) is 4.77. The van der Waals surface area contributed by atoms with Crippen LogP contribution in [-0.2, 0) is 21.3 Å². The molecule has 43 heavy (non-hydrogen) atoms. The maximum absolute atomic E-state index is 13.4. The third-order valence-corrected chi connectivity index (χ3v) is 8.48. The van der Waals surface area contributed by atoms with Gasteiger partial charge in [-0.1, -0.05) is 12.1 Å². The second-order valence-electron chi connectivity index (χ2n) is 11.3. The number of benzene rings is 3. The summed E-state index contributed by atoms with van der Waals surface area (Å²) in [7, 11) is -3.33. The molecular formula is C32H39FN4O5S. The van der Waals surface area contributed by atoms with E-state index in [0.717, 1.165) is 64.8 Å². The van der Waals surface area contributed by atoms with Crippen molar-refractivity contribution in [3.8, 4) is 11.5 Å². The van der Waals surface area contributed by atoms with Gasteiger partial charge in [-0.05, 0) is 97.8 Å². The van der Waals surface area contributed by atoms with Crippen LogP contribution < -0.4 is 14.8 Å². The Morgan fingerprint density at radius 3 is 2.09 bits per heavy atom. The van der Waals surface area contributed by atoms with Crippen LogP contribution >= 0.6 is 0 Å². The Balaban J connectivity index is 1.14. The summed E-state index contributed by atoms with van der Waals surface area (Å²) < 4.78 is 50.0. The van der Waals surface area contributed by atoms with Crippen LogP contribution in [0.25, 0.3) is 0 Å². The Hall–Kier alpha value is -3.67. The predicted molar refractivity (Wildman–Crippen MR) is 165 cm³/mol. The lowest BCUT2D eigenvalue weighted by molar-refractivity contribution is 0.0461. The normalized spacial score (nSPS) is 16.9. The lowest BCUT2D eigenvalue weighted by Gasteiger charge is -2.40. The number of carbonyl (C=O) groups excluding carboxylic acids is 1. The summed E-state index contributed by atoms with van der Waals surface area (Å²) in [4.78, 5) is 17.8. The van der Waals surface area contributed by atoms with Gasteiger partial charge in [-0.3, -0.25) is 9.62 Å². The predicted octanol–water partition coefficient (Wildman–Crippen LogP) is 5.91. The molecule has 0 radical (unpaired) electrons. The van der Waals surface area contributed by atoms with Gasteiger partial charge in [-0.25, -0.2) is 17.6 Å². The van der Waals surface area contributed by atoms with E-state index in [1.165, 1.54) is 17.7 Å². The number of piperidine rings is 1. The molecule has 2 fully saturated rings. The number of nitrogens with one attached hydrogen (secondary N) is 2. The monoisotopic (exact) mass is 610 g/mol. The van der Waals surface area contributed by atoms with Gasteiger partial charge in [0.1, 0.15) is 17.3 Å². The second kappa shape index (κ2) is 14.2. The van der Waals surface area contributed by atoms with Gasteiger partial charge in [0.05, 0.1) is 6.26 Å². The molecule has 3 aromatic carbocycles. The smallest absolute Gasteiger partial charge is 0.322 e. The first kappa shape index (κ1) is 30.8. The van der Waals surface area contributed by atoms with E-state index >= 15 is 0 Å². The quantitative estimate of drug-likeness (QED) is 0.296. The van der Waals surface area contributed by atoms with Crippen LogP contribution in [-0.4, -0.2) is 69.4 Å². The fourth-order valence-electron chi connectivity index (χ4n) is 5.58. The maximum atomic E-state index is 13.4. The van der Waals surface area contributed by atoms with Gasteiger partial charge in [0.15, 0.2) is 0 Å². The van der Waals surface area contributed by atoms with Gasteiger partial charge in [0.25, 0.3) is 0 Å². The largest absolute Gasteiger partial charge is 0.457 e. The van der Waals surface area contributed by atoms with Gasteiger partial charge in [0.2, 0.25) is 10.0 Å². The first-order chi connectivity index (χ1) is 20.7. The van der Waals surface area contributed by atoms with Crippen molar-refractivity contribution in [2.24, 2.45) is 5.92 Å². The molecule has 2 N–H and O–H groups in total. The van der Waals surface area contributed by atoms with E-state index in [1.807, 2.05) is 17.0 Å². The van der Waals surface area contributed by atoms with E-state index in [4.69, 9.17) is 9.47 Å². The molecule has 0 aromatic heterocycles. The number of amides is 2. The van der Waals surface area contributed by atoms with Crippen LogP contribution in [0.5, 0.6) is 11.5 Å². The first-order valence-corrected chi connectivity index (χ1v) is 16.6. The molecular weight excluding hydrogens is 571 g/mol. The van der Waals surface area contributed by atoms with E-state index < -0.39 is 10.0 Å². The number of ether oxygens (including phenoxy) is 2. The molecule has 0 bridgehead atoms. The zero-order valence-corrected chi connectivity index (χ0v) is 25.2. The highest BCUT2D eigenvalue weighted by Gasteiger charge is 2.30. The number of hydrogen-bond donors (Lipinski definition) is 2. The van der Waals surface area contributed by atoms with Gasteiger partial charge < -0.3 is 19.7 Å². The molecule has 230 valence electrons. The van der Waals surface area contributed by atoms with Crippen molar-refractivity contribution in [1.82, 2.24) is 9.80 Å². The van der Waals surface area contributed by atoms with Crippen LogP contribution in [0.4, 0.5) is 20.6 Å². The van der Waals surface area contributed by atoms with Crippen LogP contribution in [0, 0.1) is 11.7 Å². The van der Waals surface area contributed by atoms with Crippen LogP contribution in [0.2, 0.25) is 0 Å². The van der Waals surface area contributed by atoms with Crippen molar-refractivity contribution in [3.05, 3.63) is 84.2 Å². The van der Waals surface area contributed by atoms with Crippen molar-refractivity contribution >= 4 is 27.4 Å². The third-order valence-electron chi connectivity index (χ3n) is 7.87. The topological polar surface area (TPSA) is 100 Å². The molecule has 5 rings (SSSR count). The number of anilines is 2. The zero-order chi connectivity index (χ0) is 30.2. The van der Waals surface area contributed by atoms with Gasteiger partial charge in [0, 0.05) is 56.8 Å². The number of urea groups is 1. The average Bonchev–Trinajstić information content (AvgIpc) is 2.99. The number of nitrogens with zero attached hydrogens (tertiary/aromatic N) is 2. The maximum Gasteiger partial charge on any atom is 0.322 e. The molecule has 0 aliphatic carbocycles. The van der Waals surface area contributed by atoms with E-state index in [-0.39, 0.29) is 17.9 Å². The highest BCUT2D eigenvalue weighted by atomic mass is 32.2. The van der Waals surface area contributed by atoms with E-state index in [1.54, 1.807) is 36.4 Å². The minimum absolute atomic E-state index is 0.131. The first-order valence-electron chi connectivity index (χ1n) is 14.7. The molecule has 2 aliphatic heterocycles. The number of hydrogen-bond acceptors (Lipinski definition) is 6. The van der Waals surface area contributed by atoms with Crippen LogP contribution in [0.1, 0.15) is 31.2 Å². The second-order valence-corrected chi connectivity index (χ2v) is 13.0. The Kier molecular flexibility index (Phi) is 10.2. The van der Waals surface area contributed by atoms with E-state index in [9.17, 15) is 17.6 Å². The molecule has 2 aliphatic rings. The zero-order valence-electron chi connectivity index (χ0n) is 24.4. The number of carbonyl (C=O) groups is 1. The van der Waals surface area contributed by atoms with Gasteiger partial charge >= 0.3 is 6.03 Å². The SMILES string of the molecule is CS(=O)(=O)Nc1ccc(Oc2ccc(CN3CCC(N(CC4CCOCC4)C(=O)Nc4ccc(F)cc4)CC3)cc2)cc1. The van der Waals surface area contributed by atoms with Crippen molar-refractivity contribution in [3.63, 3.8) is 0 Å². The molecule has 2 saturated heterocycles. The van der Waals surface area contributed by atoms with Crippen molar-refractivity contribution in [1.29, 1.82) is 0 Å². The molecule has 2 amide bonds. The Morgan fingerprint density at radius 1 is 0.907 bits per heavy atom. The summed E-state index contributed by atoms with van der Waals surface area (Å²) in [5, 5.41) is 2.98. The molecule has 0 atom stereocenters. The van der Waals surface area contributed by atoms with Crippen molar-refractivity contribution < 1.29 is 27.1 Å². The highest BCUT2D eigenvalue weighted by molar-refractivity contribution is 7.92. The number of rotatable bonds is 10. The van der Waals surface area contributed by atoms with Crippen LogP contribution in [0.3, 0.4) is 0 Å². The van der Waals surface area contributed by atoms with Gasteiger partial charge in [-0.2, -0.15) is 0 Å². The molecule has 3 aromatic rings. The highest BCUT2D eigenvalue weighted by Crippen LogP contribution is 2.26. The van der Waals surface area contributed by atoms with Crippen molar-refractivity contribution in [2.75, 3.05) is 49.1 Å². The Bertz CT molecular complexity index is 1440. The lowest BCUT2D eigenvalue weighted by Crippen LogP contribution is -2.50. The standard InChI is InChI=1S/C32H39FN4O5S/c1-43(39,40)35-28-8-12-31(13-9-28)42-30-10-2-24(3-11-30)22-36-18-14-29(15-19-36)37(23-25-16-20-41-21-17-25)32(38)34-27-6-4-26(33)5-7-27/h2-13,25,29,35H,14-23H2,1H3,(H,34,38). The summed E-state index contributed by atoms with van der Waals surface area (Å²) in [5.41, 5.74) is 2.25. The number of likely N-dealkylation sites (tertiary alicyclic amines) is 1. The lowest BCUT2D eigenvalue weighted by atomic mass is 9.96. The summed E-state index contributed by atoms with van der Waals surface area (Å²) >= 11 is 0. The molecule has 0 saturated carbocycles. The minimum Gasteiger partial charge on any atom is -0.457 e. The average molecular weight is 611 g/mol. The summed E-state index contributed by atoms with van der Waals surface area (Å²) in [6.45, 7) is 4.72. The van der Waals surface area contributed by atoms with Gasteiger partial charge in [-0.15, -0.1) is 0 Å². The molecule has 9 nitrogen and oxygen atoms in total. The minimum atomic E-state index is -3.33. The van der Waals surface area contributed by atoms with E-state index in [0.29, 0.717) is 35.3 Å². The molecule has 0 spiro atoms. The van der Waals surface area contributed by atoms with E-state index in [2.05, 4.69) is 27.1 Å². The Labute approximate surface area is 253 Å².